The molecule has 0 bridgehead atoms. The molecule has 0 N–H and O–H groups in total. The summed E-state index contributed by atoms with van der Waals surface area (Å²) in [6.45, 7) is 6.29. The average Bonchev–Trinajstić information content (AvgIpc) is 2.31. The molecule has 0 aliphatic heterocycles. The Balaban J connectivity index is 2.14. The maximum Gasteiger partial charge on any atom is 0.0496 e. The maximum atomic E-state index is 5.39. The highest BCUT2D eigenvalue weighted by atomic mass is 16.5. The lowest BCUT2D eigenvalue weighted by Gasteiger charge is -2.13. The van der Waals surface area contributed by atoms with Gasteiger partial charge < -0.3 is 4.74 Å². The Bertz CT molecular complexity index is 90.7. The molecule has 1 aliphatic rings. The first kappa shape index (κ1) is 8.06. The van der Waals surface area contributed by atoms with Gasteiger partial charge in [0, 0.05) is 13.2 Å². The van der Waals surface area contributed by atoms with Gasteiger partial charge in [0.15, 0.2) is 0 Å². The van der Waals surface area contributed by atoms with Crippen LogP contribution in [-0.2, 0) is 4.74 Å². The van der Waals surface area contributed by atoms with Gasteiger partial charge in [-0.1, -0.05) is 19.8 Å². The van der Waals surface area contributed by atoms with Gasteiger partial charge in [-0.25, -0.2) is 0 Å². The summed E-state index contributed by atoms with van der Waals surface area (Å²) in [5.74, 6) is 1.77. The predicted octanol–water partition coefficient (Wildman–Crippen LogP) is 2.46. The highest BCUT2D eigenvalue weighted by Gasteiger charge is 2.22. The summed E-state index contributed by atoms with van der Waals surface area (Å²) in [6, 6.07) is 0. The van der Waals surface area contributed by atoms with Gasteiger partial charge in [0.2, 0.25) is 0 Å². The van der Waals surface area contributed by atoms with Crippen LogP contribution in [0.25, 0.3) is 0 Å². The molecule has 0 spiro atoms. The molecule has 0 heterocycles. The summed E-state index contributed by atoms with van der Waals surface area (Å²) < 4.78 is 5.39. The van der Waals surface area contributed by atoms with Crippen molar-refractivity contribution in [3.63, 3.8) is 0 Å². The minimum atomic E-state index is 0.861. The molecule has 0 amide bonds. The van der Waals surface area contributed by atoms with Crippen LogP contribution in [0.5, 0.6) is 0 Å². The summed E-state index contributed by atoms with van der Waals surface area (Å²) in [5.41, 5.74) is 0. The third kappa shape index (κ3) is 1.98. The lowest BCUT2D eigenvalue weighted by atomic mass is 9.99. The smallest absolute Gasteiger partial charge is 0.0496 e. The third-order valence-electron chi connectivity index (χ3n) is 2.58. The molecule has 1 aliphatic carbocycles. The Morgan fingerprint density at radius 1 is 1.40 bits per heavy atom. The van der Waals surface area contributed by atoms with E-state index in [0.29, 0.717) is 0 Å². The molecule has 60 valence electrons. The molecule has 1 fully saturated rings. The second-order valence-electron chi connectivity index (χ2n) is 3.33. The van der Waals surface area contributed by atoms with Crippen LogP contribution < -0.4 is 0 Å². The first-order valence-corrected chi connectivity index (χ1v) is 4.42. The van der Waals surface area contributed by atoms with E-state index in [-0.39, 0.29) is 0 Å². The zero-order valence-corrected chi connectivity index (χ0v) is 7.10. The van der Waals surface area contributed by atoms with Gasteiger partial charge in [0.05, 0.1) is 0 Å². The topological polar surface area (TPSA) is 9.23 Å². The van der Waals surface area contributed by atoms with E-state index < -0.39 is 0 Å². The van der Waals surface area contributed by atoms with Gasteiger partial charge in [-0.3, -0.25) is 0 Å². The molecule has 1 saturated carbocycles. The zero-order chi connectivity index (χ0) is 7.40. The highest BCUT2D eigenvalue weighted by molar-refractivity contribution is 4.73. The molecule has 0 radical (unpaired) electrons. The van der Waals surface area contributed by atoms with E-state index >= 15 is 0 Å². The first-order chi connectivity index (χ1) is 4.84. The van der Waals surface area contributed by atoms with Crippen LogP contribution in [0.3, 0.4) is 0 Å². The van der Waals surface area contributed by atoms with Crippen LogP contribution in [0.4, 0.5) is 0 Å². The van der Waals surface area contributed by atoms with Crippen LogP contribution >= 0.6 is 0 Å². The zero-order valence-electron chi connectivity index (χ0n) is 7.10. The normalized spacial score (nSPS) is 33.0. The van der Waals surface area contributed by atoms with E-state index in [1.807, 2.05) is 0 Å². The fourth-order valence-electron chi connectivity index (χ4n) is 1.74. The van der Waals surface area contributed by atoms with Crippen LogP contribution in [0.15, 0.2) is 0 Å². The number of ether oxygens (including phenoxy) is 1. The van der Waals surface area contributed by atoms with Crippen LogP contribution in [-0.4, -0.2) is 13.2 Å². The van der Waals surface area contributed by atoms with Crippen molar-refractivity contribution < 1.29 is 4.74 Å². The Morgan fingerprint density at radius 2 is 2.20 bits per heavy atom. The number of hydrogen-bond acceptors (Lipinski definition) is 1. The van der Waals surface area contributed by atoms with Crippen molar-refractivity contribution in [2.45, 2.75) is 33.1 Å². The second-order valence-corrected chi connectivity index (χ2v) is 3.33. The van der Waals surface area contributed by atoms with E-state index in [2.05, 4.69) is 13.8 Å². The molecule has 1 heteroatoms. The minimum absolute atomic E-state index is 0.861. The Labute approximate surface area is 63.8 Å². The van der Waals surface area contributed by atoms with E-state index in [4.69, 9.17) is 4.74 Å². The predicted molar refractivity (Wildman–Crippen MR) is 43.0 cm³/mol. The molecule has 1 rings (SSSR count). The van der Waals surface area contributed by atoms with Crippen molar-refractivity contribution >= 4 is 0 Å². The van der Waals surface area contributed by atoms with Crippen LogP contribution in [0.2, 0.25) is 0 Å². The van der Waals surface area contributed by atoms with Gasteiger partial charge in [-0.05, 0) is 25.2 Å². The van der Waals surface area contributed by atoms with Gasteiger partial charge >= 0.3 is 0 Å². The largest absolute Gasteiger partial charge is 0.381 e. The Hall–Kier alpha value is -0.0400. The monoisotopic (exact) mass is 142 g/mol. The van der Waals surface area contributed by atoms with Gasteiger partial charge in [-0.15, -0.1) is 0 Å². The van der Waals surface area contributed by atoms with E-state index in [1.54, 1.807) is 0 Å². The molecule has 2 unspecified atom stereocenters. The third-order valence-corrected chi connectivity index (χ3v) is 2.58. The second kappa shape index (κ2) is 3.97. The molecule has 0 aromatic heterocycles. The molecular weight excluding hydrogens is 124 g/mol. The quantitative estimate of drug-likeness (QED) is 0.588. The molecule has 2 atom stereocenters. The lowest BCUT2D eigenvalue weighted by molar-refractivity contribution is 0.0986. The lowest BCUT2D eigenvalue weighted by Crippen LogP contribution is -2.11. The van der Waals surface area contributed by atoms with E-state index in [0.717, 1.165) is 25.0 Å². The van der Waals surface area contributed by atoms with Gasteiger partial charge in [0.25, 0.3) is 0 Å². The minimum Gasteiger partial charge on any atom is -0.381 e. The van der Waals surface area contributed by atoms with Crippen molar-refractivity contribution in [1.82, 2.24) is 0 Å². The summed E-state index contributed by atoms with van der Waals surface area (Å²) in [6.07, 6.45) is 4.22. The Kier molecular flexibility index (Phi) is 3.20. The molecule has 0 saturated heterocycles. The number of hydrogen-bond donors (Lipinski definition) is 0. The summed E-state index contributed by atoms with van der Waals surface area (Å²) >= 11 is 0. The Morgan fingerprint density at radius 3 is 2.70 bits per heavy atom. The van der Waals surface area contributed by atoms with Gasteiger partial charge in [0.1, 0.15) is 0 Å². The number of rotatable bonds is 3. The summed E-state index contributed by atoms with van der Waals surface area (Å²) in [4.78, 5) is 0. The van der Waals surface area contributed by atoms with Crippen molar-refractivity contribution in [2.75, 3.05) is 13.2 Å². The standard InChI is InChI=1S/C9H18O/c1-3-10-7-9-6-4-5-8(9)2/h8-9H,3-7H2,1-2H3. The molecular formula is C9H18O. The molecule has 1 nitrogen and oxygen atoms in total. The van der Waals surface area contributed by atoms with E-state index in [9.17, 15) is 0 Å². The van der Waals surface area contributed by atoms with E-state index in [1.165, 1.54) is 19.3 Å². The van der Waals surface area contributed by atoms with Crippen molar-refractivity contribution in [1.29, 1.82) is 0 Å². The van der Waals surface area contributed by atoms with Crippen LogP contribution in [0.1, 0.15) is 33.1 Å². The fourth-order valence-corrected chi connectivity index (χ4v) is 1.74. The molecule has 10 heavy (non-hydrogen) atoms. The summed E-state index contributed by atoms with van der Waals surface area (Å²) in [7, 11) is 0. The first-order valence-electron chi connectivity index (χ1n) is 4.42. The van der Waals surface area contributed by atoms with Crippen molar-refractivity contribution in [2.24, 2.45) is 11.8 Å². The molecule has 0 aromatic carbocycles. The van der Waals surface area contributed by atoms with Crippen LogP contribution in [0, 0.1) is 11.8 Å². The SMILES string of the molecule is CCOCC1CCCC1C. The highest BCUT2D eigenvalue weighted by Crippen LogP contribution is 2.30. The maximum absolute atomic E-state index is 5.39. The van der Waals surface area contributed by atoms with Crippen molar-refractivity contribution in [3.05, 3.63) is 0 Å². The van der Waals surface area contributed by atoms with Gasteiger partial charge in [-0.2, -0.15) is 0 Å². The summed E-state index contributed by atoms with van der Waals surface area (Å²) in [5, 5.41) is 0. The average molecular weight is 142 g/mol. The molecule has 0 aromatic rings. The van der Waals surface area contributed by atoms with Crippen molar-refractivity contribution in [3.8, 4) is 0 Å². The fraction of sp³-hybridized carbons (Fsp3) is 1.00.